The summed E-state index contributed by atoms with van der Waals surface area (Å²) in [6.45, 7) is 7.25. The van der Waals surface area contributed by atoms with Crippen LogP contribution < -0.4 is 9.62 Å². The van der Waals surface area contributed by atoms with Gasteiger partial charge < -0.3 is 5.32 Å². The Hall–Kier alpha value is -2.48. The van der Waals surface area contributed by atoms with E-state index in [-0.39, 0.29) is 11.7 Å². The second kappa shape index (κ2) is 8.90. The summed E-state index contributed by atoms with van der Waals surface area (Å²) in [5.74, 6) is -2.82. The Balaban J connectivity index is 2.34. The molecule has 29 heavy (non-hydrogen) atoms. The molecule has 1 amide bonds. The molecule has 0 radical (unpaired) electrons. The van der Waals surface area contributed by atoms with E-state index in [2.05, 4.69) is 5.32 Å². The number of hydrogen-bond donors (Lipinski definition) is 1. The smallest absolute Gasteiger partial charge is 0.244 e. The van der Waals surface area contributed by atoms with Gasteiger partial charge in [-0.1, -0.05) is 30.7 Å². The van der Waals surface area contributed by atoms with Crippen molar-refractivity contribution in [3.8, 4) is 0 Å². The van der Waals surface area contributed by atoms with Crippen molar-refractivity contribution in [2.45, 2.75) is 46.2 Å². The van der Waals surface area contributed by atoms with E-state index in [1.807, 2.05) is 39.0 Å². The highest BCUT2D eigenvalue weighted by Crippen LogP contribution is 2.25. The Morgan fingerprint density at radius 3 is 2.28 bits per heavy atom. The summed E-state index contributed by atoms with van der Waals surface area (Å²) in [5, 5.41) is 2.88. The van der Waals surface area contributed by atoms with Crippen molar-refractivity contribution in [3.05, 3.63) is 64.7 Å². The van der Waals surface area contributed by atoms with E-state index in [9.17, 15) is 22.0 Å². The summed E-state index contributed by atoms with van der Waals surface area (Å²) in [6, 6.07) is 7.16. The van der Waals surface area contributed by atoms with E-state index in [1.165, 1.54) is 6.92 Å². The molecule has 0 spiro atoms. The van der Waals surface area contributed by atoms with Gasteiger partial charge in [0, 0.05) is 6.07 Å². The lowest BCUT2D eigenvalue weighted by atomic mass is 9.97. The Labute approximate surface area is 170 Å². The first-order valence-electron chi connectivity index (χ1n) is 9.27. The van der Waals surface area contributed by atoms with Crippen molar-refractivity contribution < 1.29 is 22.0 Å². The Bertz CT molecular complexity index is 1010. The number of hydrogen-bond acceptors (Lipinski definition) is 3. The van der Waals surface area contributed by atoms with Crippen molar-refractivity contribution in [2.75, 3.05) is 10.6 Å². The molecule has 1 N–H and O–H groups in total. The Morgan fingerprint density at radius 2 is 1.76 bits per heavy atom. The topological polar surface area (TPSA) is 66.5 Å². The lowest BCUT2D eigenvalue weighted by molar-refractivity contribution is -0.122. The minimum atomic E-state index is -3.93. The first-order chi connectivity index (χ1) is 13.5. The molecular weight excluding hydrogens is 398 g/mol. The maximum atomic E-state index is 13.7. The number of halogens is 2. The van der Waals surface area contributed by atoms with Crippen LogP contribution in [-0.2, 0) is 14.8 Å². The maximum Gasteiger partial charge on any atom is 0.244 e. The van der Waals surface area contributed by atoms with Gasteiger partial charge in [-0.05, 0) is 50.5 Å². The molecule has 0 heterocycles. The van der Waals surface area contributed by atoms with Crippen molar-refractivity contribution >= 4 is 21.6 Å². The molecule has 8 heteroatoms. The summed E-state index contributed by atoms with van der Waals surface area (Å²) in [5.41, 5.74) is 2.94. The van der Waals surface area contributed by atoms with E-state index in [0.29, 0.717) is 6.42 Å². The van der Waals surface area contributed by atoms with Crippen LogP contribution in [-0.4, -0.2) is 26.6 Å². The number of amides is 1. The fourth-order valence-corrected chi connectivity index (χ4v) is 4.51. The zero-order valence-corrected chi connectivity index (χ0v) is 18.0. The Kier molecular flexibility index (Phi) is 7.00. The predicted molar refractivity (Wildman–Crippen MR) is 110 cm³/mol. The van der Waals surface area contributed by atoms with Crippen molar-refractivity contribution in [3.63, 3.8) is 0 Å². The van der Waals surface area contributed by atoms with Gasteiger partial charge in [0.25, 0.3) is 0 Å². The maximum absolute atomic E-state index is 13.7. The summed E-state index contributed by atoms with van der Waals surface area (Å²) in [7, 11) is -3.93. The van der Waals surface area contributed by atoms with Crippen LogP contribution in [0, 0.1) is 25.5 Å². The van der Waals surface area contributed by atoms with Crippen LogP contribution in [0.5, 0.6) is 0 Å². The number of carbonyl (C=O) groups excluding carboxylic acids is 1. The zero-order chi connectivity index (χ0) is 21.9. The van der Waals surface area contributed by atoms with Gasteiger partial charge in [0.1, 0.15) is 6.04 Å². The van der Waals surface area contributed by atoms with Gasteiger partial charge in [-0.15, -0.1) is 0 Å². The van der Waals surface area contributed by atoms with E-state index in [0.717, 1.165) is 45.5 Å². The van der Waals surface area contributed by atoms with Gasteiger partial charge >= 0.3 is 0 Å². The molecule has 0 fully saturated rings. The van der Waals surface area contributed by atoms with Crippen LogP contribution in [0.3, 0.4) is 0 Å². The van der Waals surface area contributed by atoms with Crippen molar-refractivity contribution in [1.82, 2.24) is 5.32 Å². The highest BCUT2D eigenvalue weighted by atomic mass is 32.2. The standard InChI is InChI=1S/C21H26F2N2O3S/c1-6-20(17-9-7-13(2)11-14(17)3)24-21(26)15(4)25(29(5,27)28)16-8-10-18(22)19(23)12-16/h7-12,15,20H,6H2,1-5H3,(H,24,26)/t15-,20-/m0/s1. The predicted octanol–water partition coefficient (Wildman–Crippen LogP) is 4.00. The number of benzene rings is 2. The zero-order valence-electron chi connectivity index (χ0n) is 17.2. The van der Waals surface area contributed by atoms with Gasteiger partial charge in [-0.25, -0.2) is 17.2 Å². The number of nitrogens with zero attached hydrogens (tertiary/aromatic N) is 1. The lowest BCUT2D eigenvalue weighted by Crippen LogP contribution is -2.48. The third-order valence-electron chi connectivity index (χ3n) is 4.77. The molecule has 0 aliphatic heterocycles. The molecule has 0 saturated carbocycles. The van der Waals surface area contributed by atoms with E-state index >= 15 is 0 Å². The third-order valence-corrected chi connectivity index (χ3v) is 6.01. The number of aryl methyl sites for hydroxylation is 2. The number of carbonyl (C=O) groups is 1. The fourth-order valence-electron chi connectivity index (χ4n) is 3.34. The molecular formula is C21H26F2N2O3S. The quantitative estimate of drug-likeness (QED) is 0.731. The molecule has 2 aromatic carbocycles. The number of sulfonamides is 1. The largest absolute Gasteiger partial charge is 0.347 e. The molecule has 0 aliphatic rings. The summed E-state index contributed by atoms with van der Waals surface area (Å²) in [6.07, 6.45) is 1.52. The van der Waals surface area contributed by atoms with E-state index in [1.54, 1.807) is 0 Å². The summed E-state index contributed by atoms with van der Waals surface area (Å²) in [4.78, 5) is 12.9. The van der Waals surface area contributed by atoms with Crippen LogP contribution in [0.1, 0.15) is 43.0 Å². The fraction of sp³-hybridized carbons (Fsp3) is 0.381. The normalized spacial score (nSPS) is 13.6. The first kappa shape index (κ1) is 22.8. The average Bonchev–Trinajstić information content (AvgIpc) is 2.62. The van der Waals surface area contributed by atoms with Gasteiger partial charge in [0.05, 0.1) is 18.0 Å². The number of rotatable bonds is 7. The van der Waals surface area contributed by atoms with Crippen LogP contribution in [0.2, 0.25) is 0 Å². The molecule has 5 nitrogen and oxygen atoms in total. The summed E-state index contributed by atoms with van der Waals surface area (Å²) < 4.78 is 52.4. The monoisotopic (exact) mass is 424 g/mol. The highest BCUT2D eigenvalue weighted by Gasteiger charge is 2.31. The van der Waals surface area contributed by atoms with Gasteiger partial charge in [0.15, 0.2) is 11.6 Å². The second-order valence-corrected chi connectivity index (χ2v) is 9.02. The highest BCUT2D eigenvalue weighted by molar-refractivity contribution is 7.92. The second-order valence-electron chi connectivity index (χ2n) is 7.16. The molecule has 0 aromatic heterocycles. The molecule has 0 unspecified atom stereocenters. The van der Waals surface area contributed by atoms with Gasteiger partial charge in [-0.3, -0.25) is 9.10 Å². The van der Waals surface area contributed by atoms with Crippen LogP contribution >= 0.6 is 0 Å². The lowest BCUT2D eigenvalue weighted by Gasteiger charge is -2.30. The molecule has 2 rings (SSSR count). The minimum Gasteiger partial charge on any atom is -0.347 e. The third kappa shape index (κ3) is 5.32. The Morgan fingerprint density at radius 1 is 1.10 bits per heavy atom. The average molecular weight is 425 g/mol. The van der Waals surface area contributed by atoms with Crippen LogP contribution in [0.25, 0.3) is 0 Å². The minimum absolute atomic E-state index is 0.117. The molecule has 0 bridgehead atoms. The van der Waals surface area contributed by atoms with E-state index < -0.39 is 33.6 Å². The molecule has 0 saturated heterocycles. The van der Waals surface area contributed by atoms with Crippen molar-refractivity contribution in [1.29, 1.82) is 0 Å². The molecule has 158 valence electrons. The first-order valence-corrected chi connectivity index (χ1v) is 11.1. The van der Waals surface area contributed by atoms with E-state index in [4.69, 9.17) is 0 Å². The van der Waals surface area contributed by atoms with Gasteiger partial charge in [-0.2, -0.15) is 0 Å². The molecule has 2 atom stereocenters. The van der Waals surface area contributed by atoms with Crippen LogP contribution in [0.4, 0.5) is 14.5 Å². The number of anilines is 1. The molecule has 2 aromatic rings. The van der Waals surface area contributed by atoms with Crippen LogP contribution in [0.15, 0.2) is 36.4 Å². The number of nitrogens with one attached hydrogen (secondary N) is 1. The van der Waals surface area contributed by atoms with Gasteiger partial charge in [0.2, 0.25) is 15.9 Å². The molecule has 0 aliphatic carbocycles. The van der Waals surface area contributed by atoms with Crippen molar-refractivity contribution in [2.24, 2.45) is 0 Å². The SMILES string of the molecule is CC[C@H](NC(=O)[C@H](C)N(c1ccc(F)c(F)c1)S(C)(=O)=O)c1ccc(C)cc1C. The summed E-state index contributed by atoms with van der Waals surface area (Å²) >= 11 is 0.